The van der Waals surface area contributed by atoms with Gasteiger partial charge in [0, 0.05) is 29.4 Å². The molecule has 156 valence electrons. The number of carbonyl (C=O) groups is 1. The molecule has 1 aromatic heterocycles. The molecular formula is C22H28N2O3S2. The number of amides is 1. The molecule has 1 aromatic carbocycles. The van der Waals surface area contributed by atoms with Gasteiger partial charge in [0.2, 0.25) is 10.0 Å². The highest BCUT2D eigenvalue weighted by Crippen LogP contribution is 2.33. The molecule has 1 atom stereocenters. The quantitative estimate of drug-likeness (QED) is 0.800. The van der Waals surface area contributed by atoms with Gasteiger partial charge in [-0.1, -0.05) is 24.6 Å². The highest BCUT2D eigenvalue weighted by atomic mass is 32.2. The Morgan fingerprint density at radius 1 is 1.14 bits per heavy atom. The van der Waals surface area contributed by atoms with Crippen LogP contribution in [0.25, 0.3) is 0 Å². The molecule has 0 saturated carbocycles. The van der Waals surface area contributed by atoms with Crippen LogP contribution in [0.5, 0.6) is 0 Å². The van der Waals surface area contributed by atoms with E-state index >= 15 is 0 Å². The predicted molar refractivity (Wildman–Crippen MR) is 116 cm³/mol. The smallest absolute Gasteiger partial charge is 0.252 e. The second kappa shape index (κ2) is 8.20. The number of nitrogens with one attached hydrogen (secondary N) is 1. The van der Waals surface area contributed by atoms with E-state index in [1.165, 1.54) is 14.7 Å². The average molecular weight is 433 g/mol. The van der Waals surface area contributed by atoms with Crippen LogP contribution >= 0.6 is 11.3 Å². The molecule has 1 aliphatic heterocycles. The van der Waals surface area contributed by atoms with E-state index in [9.17, 15) is 13.2 Å². The lowest BCUT2D eigenvalue weighted by Gasteiger charge is -2.31. The summed E-state index contributed by atoms with van der Waals surface area (Å²) in [6.07, 6.45) is 4.47. The molecular weight excluding hydrogens is 404 g/mol. The van der Waals surface area contributed by atoms with E-state index in [-0.39, 0.29) is 11.9 Å². The van der Waals surface area contributed by atoms with Gasteiger partial charge in [-0.15, -0.1) is 11.3 Å². The minimum Gasteiger partial charge on any atom is -0.349 e. The first-order valence-electron chi connectivity index (χ1n) is 10.3. The van der Waals surface area contributed by atoms with Crippen LogP contribution in [0.1, 0.15) is 52.5 Å². The van der Waals surface area contributed by atoms with Gasteiger partial charge in [0.1, 0.15) is 0 Å². The van der Waals surface area contributed by atoms with Gasteiger partial charge in [0.25, 0.3) is 5.91 Å². The van der Waals surface area contributed by atoms with Crippen molar-refractivity contribution >= 4 is 27.3 Å². The van der Waals surface area contributed by atoms with Crippen molar-refractivity contribution in [1.82, 2.24) is 9.62 Å². The summed E-state index contributed by atoms with van der Waals surface area (Å²) in [5.74, 6) is 0.689. The second-order valence-electron chi connectivity index (χ2n) is 8.36. The van der Waals surface area contributed by atoms with Crippen molar-refractivity contribution in [2.45, 2.75) is 56.9 Å². The number of rotatable bonds is 4. The molecule has 0 spiro atoms. The molecule has 4 rings (SSSR count). The molecule has 1 saturated heterocycles. The topological polar surface area (TPSA) is 66.5 Å². The van der Waals surface area contributed by atoms with Gasteiger partial charge in [0.15, 0.2) is 0 Å². The standard InChI is InChI=1S/C22H28N2O3S2/c1-15-3-6-18(7-4-15)29(26,27)24-11-9-17(10-12-24)23-22(25)20-14-28-21-13-16(2)5-8-19(20)21/h3-4,6-7,14,16-17H,5,8-13H2,1-2H3,(H,23,25). The molecule has 2 aromatic rings. The van der Waals surface area contributed by atoms with Gasteiger partial charge in [-0.05, 0) is 62.6 Å². The number of thiophene rings is 1. The number of benzene rings is 1. The van der Waals surface area contributed by atoms with Gasteiger partial charge < -0.3 is 5.32 Å². The first-order chi connectivity index (χ1) is 13.8. The van der Waals surface area contributed by atoms with Crippen LogP contribution in [-0.4, -0.2) is 37.8 Å². The summed E-state index contributed by atoms with van der Waals surface area (Å²) in [6, 6.07) is 6.99. The maximum absolute atomic E-state index is 12.8. The van der Waals surface area contributed by atoms with Crippen molar-refractivity contribution in [3.8, 4) is 0 Å². The number of fused-ring (bicyclic) bond motifs is 1. The van der Waals surface area contributed by atoms with Crippen molar-refractivity contribution < 1.29 is 13.2 Å². The van der Waals surface area contributed by atoms with Crippen LogP contribution in [0.3, 0.4) is 0 Å². The predicted octanol–water partition coefficient (Wildman–Crippen LogP) is 3.76. The molecule has 1 N–H and O–H groups in total. The van der Waals surface area contributed by atoms with Crippen LogP contribution in [0.2, 0.25) is 0 Å². The minimum atomic E-state index is -3.47. The zero-order valence-corrected chi connectivity index (χ0v) is 18.6. The van der Waals surface area contributed by atoms with E-state index < -0.39 is 10.0 Å². The molecule has 0 radical (unpaired) electrons. The molecule has 2 heterocycles. The van der Waals surface area contributed by atoms with Gasteiger partial charge in [-0.25, -0.2) is 8.42 Å². The molecule has 2 aliphatic rings. The average Bonchev–Trinajstić information content (AvgIpc) is 3.12. The van der Waals surface area contributed by atoms with Gasteiger partial charge in [-0.2, -0.15) is 4.31 Å². The van der Waals surface area contributed by atoms with Crippen LogP contribution in [0.15, 0.2) is 34.5 Å². The van der Waals surface area contributed by atoms with E-state index in [0.717, 1.165) is 30.4 Å². The molecule has 1 unspecified atom stereocenters. The number of hydrogen-bond acceptors (Lipinski definition) is 4. The first kappa shape index (κ1) is 20.6. The first-order valence-corrected chi connectivity index (χ1v) is 12.6. The van der Waals surface area contributed by atoms with Gasteiger partial charge >= 0.3 is 0 Å². The third-order valence-corrected chi connectivity index (χ3v) is 9.06. The van der Waals surface area contributed by atoms with E-state index in [4.69, 9.17) is 0 Å². The number of carbonyl (C=O) groups excluding carboxylic acids is 1. The van der Waals surface area contributed by atoms with Crippen molar-refractivity contribution in [3.05, 3.63) is 51.2 Å². The van der Waals surface area contributed by atoms with E-state index in [2.05, 4.69) is 12.2 Å². The Balaban J connectivity index is 1.37. The Labute approximate surface area is 177 Å². The van der Waals surface area contributed by atoms with Gasteiger partial charge in [-0.3, -0.25) is 4.79 Å². The second-order valence-corrected chi connectivity index (χ2v) is 11.3. The zero-order chi connectivity index (χ0) is 20.6. The molecule has 29 heavy (non-hydrogen) atoms. The van der Waals surface area contributed by atoms with E-state index in [1.54, 1.807) is 23.5 Å². The number of piperidine rings is 1. The van der Waals surface area contributed by atoms with Gasteiger partial charge in [0.05, 0.1) is 10.5 Å². The number of aryl methyl sites for hydroxylation is 1. The Bertz CT molecular complexity index is 988. The summed E-state index contributed by atoms with van der Waals surface area (Å²) >= 11 is 1.70. The van der Waals surface area contributed by atoms with E-state index in [1.807, 2.05) is 24.4 Å². The highest BCUT2D eigenvalue weighted by molar-refractivity contribution is 7.89. The summed E-state index contributed by atoms with van der Waals surface area (Å²) < 4.78 is 27.2. The summed E-state index contributed by atoms with van der Waals surface area (Å²) in [7, 11) is -3.47. The lowest BCUT2D eigenvalue weighted by atomic mass is 9.88. The minimum absolute atomic E-state index is 0.00288. The molecule has 0 bridgehead atoms. The van der Waals surface area contributed by atoms with Crippen molar-refractivity contribution in [1.29, 1.82) is 0 Å². The largest absolute Gasteiger partial charge is 0.349 e. The van der Waals surface area contributed by atoms with E-state index in [0.29, 0.717) is 36.7 Å². The fourth-order valence-corrected chi connectivity index (χ4v) is 6.94. The van der Waals surface area contributed by atoms with Crippen molar-refractivity contribution in [2.24, 2.45) is 5.92 Å². The van der Waals surface area contributed by atoms with Crippen LogP contribution in [0.4, 0.5) is 0 Å². The normalized spacial score (nSPS) is 21.0. The summed E-state index contributed by atoms with van der Waals surface area (Å²) in [5.41, 5.74) is 3.09. The summed E-state index contributed by atoms with van der Waals surface area (Å²) in [4.78, 5) is 14.5. The molecule has 7 heteroatoms. The maximum Gasteiger partial charge on any atom is 0.252 e. The number of sulfonamides is 1. The third kappa shape index (κ3) is 4.27. The Hall–Kier alpha value is -1.70. The maximum atomic E-state index is 12.8. The monoisotopic (exact) mass is 432 g/mol. The lowest BCUT2D eigenvalue weighted by Crippen LogP contribution is -2.46. The van der Waals surface area contributed by atoms with Crippen LogP contribution < -0.4 is 5.32 Å². The Morgan fingerprint density at radius 2 is 1.83 bits per heavy atom. The third-order valence-electron chi connectivity index (χ3n) is 6.09. The fraction of sp³-hybridized carbons (Fsp3) is 0.500. The molecule has 1 aliphatic carbocycles. The number of hydrogen-bond donors (Lipinski definition) is 1. The Morgan fingerprint density at radius 3 is 2.52 bits per heavy atom. The SMILES string of the molecule is Cc1ccc(S(=O)(=O)N2CCC(NC(=O)c3csc4c3CCC(C)C4)CC2)cc1. The summed E-state index contributed by atoms with van der Waals surface area (Å²) in [6.45, 7) is 5.07. The molecule has 1 amide bonds. The zero-order valence-electron chi connectivity index (χ0n) is 17.0. The molecule has 1 fully saturated rings. The van der Waals surface area contributed by atoms with Crippen molar-refractivity contribution in [2.75, 3.05) is 13.1 Å². The van der Waals surface area contributed by atoms with Crippen LogP contribution in [-0.2, 0) is 22.9 Å². The lowest BCUT2D eigenvalue weighted by molar-refractivity contribution is 0.0923. The number of nitrogens with zero attached hydrogens (tertiary/aromatic N) is 1. The Kier molecular flexibility index (Phi) is 5.82. The van der Waals surface area contributed by atoms with Crippen LogP contribution in [0, 0.1) is 12.8 Å². The highest BCUT2D eigenvalue weighted by Gasteiger charge is 2.31. The summed E-state index contributed by atoms with van der Waals surface area (Å²) in [5, 5.41) is 5.14. The fourth-order valence-electron chi connectivity index (χ4n) is 4.23. The van der Waals surface area contributed by atoms with Crippen molar-refractivity contribution in [3.63, 3.8) is 0 Å². The molecule has 5 nitrogen and oxygen atoms in total.